The van der Waals surface area contributed by atoms with Crippen LogP contribution in [0.1, 0.15) is 6.92 Å². The molecule has 0 aliphatic rings. The molecule has 1 aromatic heterocycles. The van der Waals surface area contributed by atoms with Gasteiger partial charge in [0.1, 0.15) is 0 Å². The molecule has 0 unspecified atom stereocenters. The lowest BCUT2D eigenvalue weighted by molar-refractivity contribution is 0.763. The Hall–Kier alpha value is -1.67. The van der Waals surface area contributed by atoms with E-state index in [-0.39, 0.29) is 0 Å². The molecule has 0 N–H and O–H groups in total. The topological polar surface area (TPSA) is 45.4 Å². The molecule has 2 aromatic rings. The third-order valence-electron chi connectivity index (χ3n) is 2.03. The van der Waals surface area contributed by atoms with E-state index in [0.717, 1.165) is 21.6 Å². The molecule has 0 saturated heterocycles. The Labute approximate surface area is 84.7 Å². The maximum absolute atomic E-state index is 8.42. The van der Waals surface area contributed by atoms with Crippen LogP contribution in [-0.4, -0.2) is 4.57 Å². The summed E-state index contributed by atoms with van der Waals surface area (Å²) >= 11 is 1.52. The largest absolute Gasteiger partial charge is 0.342 e. The zero-order chi connectivity index (χ0) is 9.97. The monoisotopic (exact) mass is 205 g/mol. The van der Waals surface area contributed by atoms with Gasteiger partial charge in [-0.05, 0) is 19.1 Å². The van der Waals surface area contributed by atoms with Gasteiger partial charge in [-0.2, -0.15) is 0 Å². The number of aromatic nitrogens is 1. The summed E-state index contributed by atoms with van der Waals surface area (Å²) in [6.07, 6.45) is 0. The molecule has 0 aliphatic carbocycles. The Morgan fingerprint density at radius 1 is 1.50 bits per heavy atom. The van der Waals surface area contributed by atoms with Crippen molar-refractivity contribution in [2.75, 3.05) is 0 Å². The highest BCUT2D eigenvalue weighted by molar-refractivity contribution is 7.16. The van der Waals surface area contributed by atoms with Crippen LogP contribution in [0.25, 0.3) is 15.3 Å². The third kappa shape index (κ3) is 1.30. The van der Waals surface area contributed by atoms with Crippen molar-refractivity contribution in [3.8, 4) is 0 Å². The number of rotatable bonds is 1. The molecule has 0 bridgehead atoms. The average molecular weight is 205 g/mol. The van der Waals surface area contributed by atoms with Crippen molar-refractivity contribution in [2.45, 2.75) is 13.5 Å². The first-order valence-electron chi connectivity index (χ1n) is 4.33. The first-order valence-corrected chi connectivity index (χ1v) is 5.15. The van der Waals surface area contributed by atoms with Crippen LogP contribution in [0.3, 0.4) is 0 Å². The van der Waals surface area contributed by atoms with Crippen molar-refractivity contribution in [3.05, 3.63) is 34.2 Å². The van der Waals surface area contributed by atoms with Gasteiger partial charge in [-0.3, -0.25) is 0 Å². The molecule has 1 aromatic carbocycles. The number of fused-ring (bicyclic) bond motifs is 1. The first-order chi connectivity index (χ1) is 6.86. The van der Waals surface area contributed by atoms with Crippen LogP contribution in [0, 0.1) is 5.39 Å². The predicted molar refractivity (Wildman–Crippen MR) is 56.1 cm³/mol. The van der Waals surface area contributed by atoms with Crippen molar-refractivity contribution in [1.29, 1.82) is 5.39 Å². The van der Waals surface area contributed by atoms with Gasteiger partial charge in [-0.15, -0.1) is 0 Å². The number of diazo groups is 1. The van der Waals surface area contributed by atoms with E-state index in [1.807, 2.05) is 35.8 Å². The highest BCUT2D eigenvalue weighted by Crippen LogP contribution is 2.16. The summed E-state index contributed by atoms with van der Waals surface area (Å²) in [6.45, 7) is 2.86. The number of thiazole rings is 1. The molecule has 70 valence electrons. The van der Waals surface area contributed by atoms with Gasteiger partial charge in [0.25, 0.3) is 10.2 Å². The number of para-hydroxylation sites is 1. The van der Waals surface area contributed by atoms with E-state index in [4.69, 9.17) is 5.39 Å². The molecular weight excluding hydrogens is 196 g/mol. The second-order valence-corrected chi connectivity index (χ2v) is 3.80. The van der Waals surface area contributed by atoms with Crippen molar-refractivity contribution < 1.29 is 0 Å². The normalized spacial score (nSPS) is 11.9. The van der Waals surface area contributed by atoms with Crippen molar-refractivity contribution in [2.24, 2.45) is 5.10 Å². The standard InChI is InChI=1S/C9H9N4S/c1-2-13-7-5-3-4-6-8(7)14-9(13)11-12-10/h3-6H,2H2,1H3/q+1. The molecule has 2 rings (SSSR count). The number of benzene rings is 1. The number of hydrogen-bond acceptors (Lipinski definition) is 3. The van der Waals surface area contributed by atoms with Gasteiger partial charge >= 0.3 is 5.08 Å². The maximum Gasteiger partial charge on any atom is 0.342 e. The van der Waals surface area contributed by atoms with Crippen LogP contribution in [0.5, 0.6) is 0 Å². The summed E-state index contributed by atoms with van der Waals surface area (Å²) < 4.78 is 3.16. The van der Waals surface area contributed by atoms with Crippen LogP contribution in [0.15, 0.2) is 29.4 Å². The minimum atomic E-state index is 0.719. The Bertz CT molecular complexity index is 558. The summed E-state index contributed by atoms with van der Waals surface area (Å²) in [7, 11) is 0. The predicted octanol–water partition coefficient (Wildman–Crippen LogP) is 2.39. The van der Waals surface area contributed by atoms with E-state index in [1.165, 1.54) is 11.3 Å². The summed E-state index contributed by atoms with van der Waals surface area (Å²) in [5.74, 6) is 0. The van der Waals surface area contributed by atoms with E-state index in [9.17, 15) is 0 Å². The second kappa shape index (κ2) is 3.60. The lowest BCUT2D eigenvalue weighted by Crippen LogP contribution is -2.12. The van der Waals surface area contributed by atoms with Crippen molar-refractivity contribution in [1.82, 2.24) is 4.57 Å². The summed E-state index contributed by atoms with van der Waals surface area (Å²) in [5, 5.41) is 14.9. The van der Waals surface area contributed by atoms with Gasteiger partial charge in [0.15, 0.2) is 0 Å². The minimum Gasteiger partial charge on any atom is -0.311 e. The van der Waals surface area contributed by atoms with Gasteiger partial charge in [0.05, 0.1) is 10.2 Å². The van der Waals surface area contributed by atoms with E-state index >= 15 is 0 Å². The lowest BCUT2D eigenvalue weighted by Gasteiger charge is -1.96. The number of aryl methyl sites for hydroxylation is 1. The van der Waals surface area contributed by atoms with Crippen LogP contribution in [-0.2, 0) is 6.54 Å². The Morgan fingerprint density at radius 3 is 3.00 bits per heavy atom. The first kappa shape index (κ1) is 8.91. The van der Waals surface area contributed by atoms with Crippen LogP contribution < -0.4 is 4.80 Å². The van der Waals surface area contributed by atoms with Gasteiger partial charge in [-0.1, -0.05) is 23.5 Å². The second-order valence-electron chi connectivity index (χ2n) is 2.79. The molecule has 0 aliphatic heterocycles. The molecule has 0 fully saturated rings. The minimum absolute atomic E-state index is 0.719. The number of hydrogen-bond donors (Lipinski definition) is 0. The zero-order valence-electron chi connectivity index (χ0n) is 7.71. The molecule has 5 heteroatoms. The van der Waals surface area contributed by atoms with Gasteiger partial charge in [0.2, 0.25) is 5.10 Å². The molecule has 0 radical (unpaired) electrons. The maximum atomic E-state index is 8.42. The van der Waals surface area contributed by atoms with E-state index in [1.54, 1.807) is 0 Å². The van der Waals surface area contributed by atoms with Crippen LogP contribution >= 0.6 is 11.3 Å². The molecule has 1 heterocycles. The summed E-state index contributed by atoms with van der Waals surface area (Å²) in [4.78, 5) is 0.719. The van der Waals surface area contributed by atoms with E-state index < -0.39 is 0 Å². The van der Waals surface area contributed by atoms with Crippen LogP contribution in [0.2, 0.25) is 0 Å². The van der Waals surface area contributed by atoms with Crippen LogP contribution in [0.4, 0.5) is 0 Å². The Kier molecular flexibility index (Phi) is 2.29. The van der Waals surface area contributed by atoms with Gasteiger partial charge in [-0.25, -0.2) is 0 Å². The fraction of sp³-hybridized carbons (Fsp3) is 0.222. The fourth-order valence-corrected chi connectivity index (χ4v) is 2.48. The van der Waals surface area contributed by atoms with Crippen molar-refractivity contribution >= 4 is 21.6 Å². The van der Waals surface area contributed by atoms with Crippen molar-refractivity contribution in [3.63, 3.8) is 0 Å². The number of nitrogens with zero attached hydrogens (tertiary/aromatic N) is 4. The van der Waals surface area contributed by atoms with E-state index in [0.29, 0.717) is 0 Å². The van der Waals surface area contributed by atoms with Gasteiger partial charge in [0, 0.05) is 6.54 Å². The Morgan fingerprint density at radius 2 is 2.29 bits per heavy atom. The molecule has 0 amide bonds. The molecule has 0 saturated carbocycles. The average Bonchev–Trinajstić information content (AvgIpc) is 2.55. The molecule has 0 atom stereocenters. The lowest BCUT2D eigenvalue weighted by atomic mass is 10.3. The zero-order valence-corrected chi connectivity index (χ0v) is 8.53. The molecule has 14 heavy (non-hydrogen) atoms. The third-order valence-corrected chi connectivity index (χ3v) is 3.08. The summed E-state index contributed by atoms with van der Waals surface area (Å²) in [5.41, 5.74) is 1.13. The highest BCUT2D eigenvalue weighted by Gasteiger charge is 2.05. The SMILES string of the molecule is CCn1c(=N[N+]#N)sc2ccccc21. The van der Waals surface area contributed by atoms with Gasteiger partial charge < -0.3 is 4.57 Å². The van der Waals surface area contributed by atoms with E-state index in [2.05, 4.69) is 10.2 Å². The summed E-state index contributed by atoms with van der Waals surface area (Å²) in [6, 6.07) is 8.04. The highest BCUT2D eigenvalue weighted by atomic mass is 32.1. The Balaban J connectivity index is 2.88. The fourth-order valence-electron chi connectivity index (χ4n) is 1.44. The molecule has 0 spiro atoms. The molecular formula is C9H9N4S+. The molecule has 4 nitrogen and oxygen atoms in total. The quantitative estimate of drug-likeness (QED) is 0.520. The smallest absolute Gasteiger partial charge is 0.311 e.